The van der Waals surface area contributed by atoms with E-state index in [2.05, 4.69) is 91.0 Å². The first-order valence-electron chi connectivity index (χ1n) is 11.8. The van der Waals surface area contributed by atoms with E-state index in [1.165, 1.54) is 4.88 Å². The number of hydrogen-bond donors (Lipinski definition) is 1. The SMILES string of the molecule is CCC[C@H]1CN(CC(=O)c2cc(C(C)(C)C)c(O)c(C(C)(C)C)c2)/C(=N\Br)[C@@H]1c1cccs1. The fourth-order valence-corrected chi connectivity index (χ4v) is 6.16. The number of likely N-dealkylation sites (tertiary alicyclic amines) is 1. The van der Waals surface area contributed by atoms with Crippen molar-refractivity contribution in [1.29, 1.82) is 0 Å². The van der Waals surface area contributed by atoms with Gasteiger partial charge in [0.15, 0.2) is 5.78 Å². The average molecular weight is 534 g/mol. The summed E-state index contributed by atoms with van der Waals surface area (Å²) in [4.78, 5) is 17.0. The molecular formula is C27H37BrN2O2S. The number of phenols is 1. The molecule has 1 aromatic heterocycles. The molecule has 0 saturated carbocycles. The van der Waals surface area contributed by atoms with E-state index in [0.717, 1.165) is 36.3 Å². The van der Waals surface area contributed by atoms with E-state index < -0.39 is 0 Å². The van der Waals surface area contributed by atoms with Crippen LogP contribution in [0.3, 0.4) is 0 Å². The minimum Gasteiger partial charge on any atom is -0.507 e. The molecule has 0 aliphatic carbocycles. The first-order valence-corrected chi connectivity index (χ1v) is 13.4. The van der Waals surface area contributed by atoms with Crippen molar-refractivity contribution in [3.05, 3.63) is 51.2 Å². The summed E-state index contributed by atoms with van der Waals surface area (Å²) in [6.45, 7) is 15.7. The highest BCUT2D eigenvalue weighted by Crippen LogP contribution is 2.42. The predicted molar refractivity (Wildman–Crippen MR) is 143 cm³/mol. The summed E-state index contributed by atoms with van der Waals surface area (Å²) in [6.07, 6.45) is 2.20. The van der Waals surface area contributed by atoms with Crippen LogP contribution >= 0.6 is 27.5 Å². The molecule has 0 radical (unpaired) electrons. The van der Waals surface area contributed by atoms with E-state index in [1.54, 1.807) is 11.3 Å². The molecule has 2 atom stereocenters. The van der Waals surface area contributed by atoms with Crippen LogP contribution in [0.1, 0.15) is 93.6 Å². The second-order valence-electron chi connectivity index (χ2n) is 11.2. The second-order valence-corrected chi connectivity index (χ2v) is 12.5. The largest absolute Gasteiger partial charge is 0.507 e. The molecule has 1 fully saturated rings. The number of Topliss-reactive ketones (excluding diaryl/α,β-unsaturated/α-hetero) is 1. The van der Waals surface area contributed by atoms with Crippen molar-refractivity contribution in [2.24, 2.45) is 9.94 Å². The van der Waals surface area contributed by atoms with Crippen molar-refractivity contribution in [2.45, 2.75) is 78.1 Å². The Morgan fingerprint density at radius 2 is 1.79 bits per heavy atom. The van der Waals surface area contributed by atoms with Gasteiger partial charge in [0.25, 0.3) is 0 Å². The maximum Gasteiger partial charge on any atom is 0.182 e. The van der Waals surface area contributed by atoms with E-state index >= 15 is 0 Å². The van der Waals surface area contributed by atoms with Crippen LogP contribution in [-0.4, -0.2) is 34.7 Å². The van der Waals surface area contributed by atoms with Crippen molar-refractivity contribution >= 4 is 39.1 Å². The van der Waals surface area contributed by atoms with Crippen molar-refractivity contribution in [3.63, 3.8) is 0 Å². The summed E-state index contributed by atoms with van der Waals surface area (Å²) in [5.74, 6) is 1.95. The standard InChI is InChI=1S/C27H37BrN2O2S/c1-8-10-17-15-30(25(29-28)23(17)22-11-9-12-33-22)16-21(31)18-13-19(26(2,3)4)24(32)20(14-18)27(5,6)7/h9,11-14,17,23,32H,8,10,15-16H2,1-7H3/b29-25-/t17-,23-/m0/s1. The lowest BCUT2D eigenvalue weighted by atomic mass is 9.78. The summed E-state index contributed by atoms with van der Waals surface area (Å²) in [5, 5.41) is 13.1. The molecular weight excluding hydrogens is 496 g/mol. The molecule has 4 nitrogen and oxygen atoms in total. The fraction of sp³-hybridized carbons (Fsp3) is 0.556. The molecule has 0 amide bonds. The quantitative estimate of drug-likeness (QED) is 0.392. The van der Waals surface area contributed by atoms with Gasteiger partial charge < -0.3 is 10.0 Å². The Hall–Kier alpha value is -1.66. The molecule has 6 heteroatoms. The Bertz CT molecular complexity index is 981. The maximum atomic E-state index is 13.6. The number of carbonyl (C=O) groups is 1. The van der Waals surface area contributed by atoms with Crippen molar-refractivity contribution < 1.29 is 9.90 Å². The lowest BCUT2D eigenvalue weighted by Crippen LogP contribution is -2.32. The number of halogens is 1. The molecule has 2 heterocycles. The van der Waals surface area contributed by atoms with Crippen LogP contribution in [0.25, 0.3) is 0 Å². The van der Waals surface area contributed by atoms with Crippen molar-refractivity contribution in [2.75, 3.05) is 13.1 Å². The smallest absolute Gasteiger partial charge is 0.182 e. The topological polar surface area (TPSA) is 52.9 Å². The van der Waals surface area contributed by atoms with Crippen LogP contribution in [0, 0.1) is 5.92 Å². The highest BCUT2D eigenvalue weighted by molar-refractivity contribution is 9.08. The Morgan fingerprint density at radius 1 is 1.18 bits per heavy atom. The monoisotopic (exact) mass is 532 g/mol. The van der Waals surface area contributed by atoms with E-state index in [9.17, 15) is 9.90 Å². The van der Waals surface area contributed by atoms with Gasteiger partial charge in [-0.1, -0.05) is 61.0 Å². The van der Waals surface area contributed by atoms with Gasteiger partial charge in [0, 0.05) is 28.1 Å². The number of nitrogens with zero attached hydrogens (tertiary/aromatic N) is 2. The normalized spacial score (nSPS) is 20.6. The molecule has 1 aliphatic heterocycles. The zero-order chi connectivity index (χ0) is 24.6. The van der Waals surface area contributed by atoms with E-state index in [-0.39, 0.29) is 29.1 Å². The van der Waals surface area contributed by atoms with Crippen molar-refractivity contribution in [3.8, 4) is 5.75 Å². The molecule has 0 spiro atoms. The summed E-state index contributed by atoms with van der Waals surface area (Å²) in [7, 11) is 0. The lowest BCUT2D eigenvalue weighted by molar-refractivity contribution is 0.0963. The number of ketones is 1. The predicted octanol–water partition coefficient (Wildman–Crippen LogP) is 7.46. The van der Waals surface area contributed by atoms with Gasteiger partial charge in [0.1, 0.15) is 11.6 Å². The minimum absolute atomic E-state index is 0.0572. The van der Waals surface area contributed by atoms with Crippen LogP contribution in [0.5, 0.6) is 5.75 Å². The lowest BCUT2D eigenvalue weighted by Gasteiger charge is -2.28. The summed E-state index contributed by atoms with van der Waals surface area (Å²) in [5.41, 5.74) is 1.74. The number of phenolic OH excluding ortho intramolecular Hbond substituents is 1. The Labute approximate surface area is 211 Å². The van der Waals surface area contributed by atoms with Gasteiger partial charge in [-0.3, -0.25) is 4.79 Å². The first kappa shape index (κ1) is 26.0. The number of hydrogen-bond acceptors (Lipinski definition) is 4. The van der Waals surface area contributed by atoms with Crippen LogP contribution in [0.2, 0.25) is 0 Å². The summed E-state index contributed by atoms with van der Waals surface area (Å²) >= 11 is 5.12. The minimum atomic E-state index is -0.271. The van der Waals surface area contributed by atoms with Crippen molar-refractivity contribution in [1.82, 2.24) is 4.90 Å². The van der Waals surface area contributed by atoms with Crippen LogP contribution < -0.4 is 0 Å². The van der Waals surface area contributed by atoms with E-state index in [4.69, 9.17) is 0 Å². The molecule has 1 N–H and O–H groups in total. The van der Waals surface area contributed by atoms with Crippen LogP contribution in [0.4, 0.5) is 0 Å². The van der Waals surface area contributed by atoms with Gasteiger partial charge in [-0.2, -0.15) is 4.02 Å². The summed E-state index contributed by atoms with van der Waals surface area (Å²) < 4.78 is 4.48. The van der Waals surface area contributed by atoms with Crippen LogP contribution in [0.15, 0.2) is 33.7 Å². The third-order valence-corrected chi connectivity index (χ3v) is 7.83. The number of rotatable bonds is 6. The maximum absolute atomic E-state index is 13.6. The highest BCUT2D eigenvalue weighted by Gasteiger charge is 2.40. The highest BCUT2D eigenvalue weighted by atomic mass is 79.9. The molecule has 1 aliphatic rings. The zero-order valence-corrected chi connectivity index (χ0v) is 23.3. The third-order valence-electron chi connectivity index (χ3n) is 6.51. The number of benzene rings is 1. The second kappa shape index (κ2) is 9.91. The van der Waals surface area contributed by atoms with Crippen LogP contribution in [-0.2, 0) is 10.8 Å². The molecule has 1 aromatic carbocycles. The van der Waals surface area contributed by atoms with Gasteiger partial charge in [-0.15, -0.1) is 11.3 Å². The Kier molecular flexibility index (Phi) is 7.79. The fourth-order valence-electron chi connectivity index (χ4n) is 4.80. The molecule has 33 heavy (non-hydrogen) atoms. The first-order chi connectivity index (χ1) is 15.4. The number of thiophene rings is 1. The van der Waals surface area contributed by atoms with Gasteiger partial charge in [0.05, 0.1) is 28.6 Å². The summed E-state index contributed by atoms with van der Waals surface area (Å²) in [6, 6.07) is 8.02. The number of amidine groups is 1. The van der Waals surface area contributed by atoms with E-state index in [1.807, 2.05) is 12.1 Å². The average Bonchev–Trinajstić information content (AvgIpc) is 3.34. The van der Waals surface area contributed by atoms with Gasteiger partial charge >= 0.3 is 0 Å². The van der Waals surface area contributed by atoms with Gasteiger partial charge in [0.2, 0.25) is 0 Å². The zero-order valence-electron chi connectivity index (χ0n) is 20.9. The Balaban J connectivity index is 1.96. The number of aromatic hydroxyl groups is 1. The molecule has 0 unspecified atom stereocenters. The molecule has 1 saturated heterocycles. The molecule has 3 rings (SSSR count). The Morgan fingerprint density at radius 3 is 2.24 bits per heavy atom. The molecule has 2 aromatic rings. The molecule has 0 bridgehead atoms. The third kappa shape index (κ3) is 5.54. The molecule has 180 valence electrons. The van der Waals surface area contributed by atoms with Gasteiger partial charge in [-0.05, 0) is 46.7 Å². The van der Waals surface area contributed by atoms with E-state index in [0.29, 0.717) is 17.2 Å². The number of carbonyl (C=O) groups excluding carboxylic acids is 1. The van der Waals surface area contributed by atoms with Gasteiger partial charge in [-0.25, -0.2) is 0 Å².